The molecule has 1 fully saturated rings. The highest BCUT2D eigenvalue weighted by Crippen LogP contribution is 2.17. The molecule has 1 atom stereocenters. The lowest BCUT2D eigenvalue weighted by Crippen LogP contribution is -2.33. The molecular formula is C12H17NS. The van der Waals surface area contributed by atoms with Crippen molar-refractivity contribution in [3.8, 4) is 0 Å². The molecule has 1 aliphatic rings. The van der Waals surface area contributed by atoms with Gasteiger partial charge in [-0.3, -0.25) is 0 Å². The predicted molar refractivity (Wildman–Crippen MR) is 63.6 cm³/mol. The predicted octanol–water partition coefficient (Wildman–Crippen LogP) is 2.67. The first-order chi connectivity index (χ1) is 6.95. The maximum atomic E-state index is 3.62. The molecule has 1 unspecified atom stereocenters. The number of rotatable bonds is 3. The molecule has 1 saturated heterocycles. The topological polar surface area (TPSA) is 12.0 Å². The summed E-state index contributed by atoms with van der Waals surface area (Å²) in [7, 11) is 0. The summed E-state index contributed by atoms with van der Waals surface area (Å²) in [5.41, 5.74) is 1.39. The SMILES string of the molecule is c1ccc(CNC2CCCSC2)cc1. The average Bonchev–Trinajstić information content (AvgIpc) is 2.29. The van der Waals surface area contributed by atoms with Crippen LogP contribution >= 0.6 is 11.8 Å². The van der Waals surface area contributed by atoms with E-state index in [2.05, 4.69) is 47.4 Å². The Kier molecular flexibility index (Phi) is 3.90. The van der Waals surface area contributed by atoms with Gasteiger partial charge < -0.3 is 5.32 Å². The van der Waals surface area contributed by atoms with Crippen LogP contribution in [0.25, 0.3) is 0 Å². The van der Waals surface area contributed by atoms with Crippen LogP contribution in [0, 0.1) is 0 Å². The van der Waals surface area contributed by atoms with Crippen LogP contribution in [-0.2, 0) is 6.54 Å². The van der Waals surface area contributed by atoms with E-state index >= 15 is 0 Å². The van der Waals surface area contributed by atoms with Crippen LogP contribution in [0.1, 0.15) is 18.4 Å². The van der Waals surface area contributed by atoms with Crippen molar-refractivity contribution in [2.45, 2.75) is 25.4 Å². The standard InChI is InChI=1S/C12H17NS/c1-2-5-11(6-3-1)9-13-12-7-4-8-14-10-12/h1-3,5-6,12-13H,4,7-10H2. The minimum absolute atomic E-state index is 0.731. The van der Waals surface area contributed by atoms with E-state index in [0.717, 1.165) is 12.6 Å². The van der Waals surface area contributed by atoms with Gasteiger partial charge in [0.1, 0.15) is 0 Å². The van der Waals surface area contributed by atoms with Crippen molar-refractivity contribution in [3.05, 3.63) is 35.9 Å². The van der Waals surface area contributed by atoms with E-state index in [1.165, 1.54) is 29.9 Å². The Bertz CT molecular complexity index is 254. The Balaban J connectivity index is 1.76. The first-order valence-corrected chi connectivity index (χ1v) is 6.46. The zero-order chi connectivity index (χ0) is 9.64. The van der Waals surface area contributed by atoms with Crippen molar-refractivity contribution in [3.63, 3.8) is 0 Å². The molecule has 1 heterocycles. The smallest absolute Gasteiger partial charge is 0.0208 e. The quantitative estimate of drug-likeness (QED) is 0.818. The van der Waals surface area contributed by atoms with Gasteiger partial charge in [-0.1, -0.05) is 30.3 Å². The van der Waals surface area contributed by atoms with Crippen LogP contribution in [0.4, 0.5) is 0 Å². The fraction of sp³-hybridized carbons (Fsp3) is 0.500. The molecular weight excluding hydrogens is 190 g/mol. The van der Waals surface area contributed by atoms with E-state index in [4.69, 9.17) is 0 Å². The van der Waals surface area contributed by atoms with E-state index in [0.29, 0.717) is 0 Å². The Hall–Kier alpha value is -0.470. The molecule has 0 aromatic heterocycles. The molecule has 14 heavy (non-hydrogen) atoms. The van der Waals surface area contributed by atoms with Gasteiger partial charge in [0, 0.05) is 18.3 Å². The number of hydrogen-bond donors (Lipinski definition) is 1. The van der Waals surface area contributed by atoms with Gasteiger partial charge in [-0.25, -0.2) is 0 Å². The van der Waals surface area contributed by atoms with Gasteiger partial charge in [-0.05, 0) is 24.2 Å². The largest absolute Gasteiger partial charge is 0.309 e. The molecule has 0 amide bonds. The van der Waals surface area contributed by atoms with Crippen LogP contribution in [0.15, 0.2) is 30.3 Å². The minimum Gasteiger partial charge on any atom is -0.309 e. The highest BCUT2D eigenvalue weighted by atomic mass is 32.2. The van der Waals surface area contributed by atoms with Crippen molar-refractivity contribution in [1.82, 2.24) is 5.32 Å². The van der Waals surface area contributed by atoms with Crippen molar-refractivity contribution in [1.29, 1.82) is 0 Å². The average molecular weight is 207 g/mol. The number of thioether (sulfide) groups is 1. The van der Waals surface area contributed by atoms with Gasteiger partial charge in [0.05, 0.1) is 0 Å². The second kappa shape index (κ2) is 5.42. The van der Waals surface area contributed by atoms with Gasteiger partial charge in [0.25, 0.3) is 0 Å². The summed E-state index contributed by atoms with van der Waals surface area (Å²) in [5.74, 6) is 2.64. The molecule has 1 N–H and O–H groups in total. The maximum Gasteiger partial charge on any atom is 0.0208 e. The van der Waals surface area contributed by atoms with E-state index in [1.807, 2.05) is 0 Å². The first kappa shape index (κ1) is 10.1. The molecule has 1 aromatic carbocycles. The van der Waals surface area contributed by atoms with Crippen LogP contribution < -0.4 is 5.32 Å². The Morgan fingerprint density at radius 1 is 1.29 bits per heavy atom. The fourth-order valence-corrected chi connectivity index (χ4v) is 2.87. The molecule has 0 aliphatic carbocycles. The molecule has 1 aliphatic heterocycles. The molecule has 2 rings (SSSR count). The summed E-state index contributed by atoms with van der Waals surface area (Å²) in [4.78, 5) is 0. The highest BCUT2D eigenvalue weighted by Gasteiger charge is 2.12. The third-order valence-electron chi connectivity index (χ3n) is 2.60. The lowest BCUT2D eigenvalue weighted by Gasteiger charge is -2.22. The van der Waals surface area contributed by atoms with Crippen LogP contribution in [0.5, 0.6) is 0 Å². The Morgan fingerprint density at radius 3 is 2.86 bits per heavy atom. The lowest BCUT2D eigenvalue weighted by atomic mass is 10.1. The number of benzene rings is 1. The first-order valence-electron chi connectivity index (χ1n) is 5.30. The van der Waals surface area contributed by atoms with Gasteiger partial charge in [0.2, 0.25) is 0 Å². The summed E-state index contributed by atoms with van der Waals surface area (Å²) in [6.07, 6.45) is 2.72. The van der Waals surface area contributed by atoms with Crippen LogP contribution in [0.3, 0.4) is 0 Å². The third kappa shape index (κ3) is 3.03. The molecule has 2 heteroatoms. The van der Waals surface area contributed by atoms with Gasteiger partial charge >= 0.3 is 0 Å². The van der Waals surface area contributed by atoms with Crippen molar-refractivity contribution >= 4 is 11.8 Å². The van der Waals surface area contributed by atoms with Crippen LogP contribution in [0.2, 0.25) is 0 Å². The Labute approximate surface area is 90.3 Å². The number of hydrogen-bond acceptors (Lipinski definition) is 2. The van der Waals surface area contributed by atoms with E-state index < -0.39 is 0 Å². The van der Waals surface area contributed by atoms with Crippen molar-refractivity contribution in [2.24, 2.45) is 0 Å². The van der Waals surface area contributed by atoms with Gasteiger partial charge in [-0.15, -0.1) is 0 Å². The molecule has 1 aromatic rings. The van der Waals surface area contributed by atoms with Crippen molar-refractivity contribution in [2.75, 3.05) is 11.5 Å². The fourth-order valence-electron chi connectivity index (χ4n) is 1.76. The molecule has 1 nitrogen and oxygen atoms in total. The second-order valence-electron chi connectivity index (χ2n) is 3.78. The lowest BCUT2D eigenvalue weighted by molar-refractivity contribution is 0.507. The highest BCUT2D eigenvalue weighted by molar-refractivity contribution is 7.99. The second-order valence-corrected chi connectivity index (χ2v) is 4.93. The molecule has 0 radical (unpaired) electrons. The van der Waals surface area contributed by atoms with E-state index in [1.54, 1.807) is 0 Å². The van der Waals surface area contributed by atoms with Crippen LogP contribution in [-0.4, -0.2) is 17.5 Å². The van der Waals surface area contributed by atoms with Gasteiger partial charge in [-0.2, -0.15) is 11.8 Å². The summed E-state index contributed by atoms with van der Waals surface area (Å²) in [5, 5.41) is 3.62. The maximum absolute atomic E-state index is 3.62. The van der Waals surface area contributed by atoms with Gasteiger partial charge in [0.15, 0.2) is 0 Å². The summed E-state index contributed by atoms with van der Waals surface area (Å²) in [6, 6.07) is 11.4. The summed E-state index contributed by atoms with van der Waals surface area (Å²) in [6.45, 7) is 1.02. The third-order valence-corrected chi connectivity index (χ3v) is 3.81. The normalized spacial score (nSPS) is 22.1. The molecule has 0 saturated carbocycles. The van der Waals surface area contributed by atoms with E-state index in [-0.39, 0.29) is 0 Å². The molecule has 76 valence electrons. The molecule has 0 spiro atoms. The number of nitrogens with one attached hydrogen (secondary N) is 1. The summed E-state index contributed by atoms with van der Waals surface area (Å²) >= 11 is 2.08. The van der Waals surface area contributed by atoms with Crippen molar-refractivity contribution < 1.29 is 0 Å². The summed E-state index contributed by atoms with van der Waals surface area (Å²) < 4.78 is 0. The molecule has 0 bridgehead atoms. The monoisotopic (exact) mass is 207 g/mol. The zero-order valence-corrected chi connectivity index (χ0v) is 9.22. The van der Waals surface area contributed by atoms with E-state index in [9.17, 15) is 0 Å². The Morgan fingerprint density at radius 2 is 2.14 bits per heavy atom. The minimum atomic E-state index is 0.731. The zero-order valence-electron chi connectivity index (χ0n) is 8.41.